The zero-order chi connectivity index (χ0) is 10.3. The average Bonchev–Trinajstić information content (AvgIpc) is 2.83. The van der Waals surface area contributed by atoms with Gasteiger partial charge in [0.1, 0.15) is 10.8 Å². The summed E-state index contributed by atoms with van der Waals surface area (Å²) in [7, 11) is 0. The van der Waals surface area contributed by atoms with Crippen LogP contribution in [-0.4, -0.2) is 19.7 Å². The lowest BCUT2D eigenvalue weighted by Gasteiger charge is -2.03. The van der Waals surface area contributed by atoms with Crippen molar-refractivity contribution in [2.24, 2.45) is 0 Å². The topological polar surface area (TPSA) is 63.6 Å². The number of nitrogens with zero attached hydrogens (tertiary/aromatic N) is 3. The van der Waals surface area contributed by atoms with Gasteiger partial charge in [0.15, 0.2) is 0 Å². The zero-order valence-electron chi connectivity index (χ0n) is 8.01. The van der Waals surface area contributed by atoms with E-state index in [-0.39, 0.29) is 4.87 Å². The quantitative estimate of drug-likeness (QED) is 0.841. The summed E-state index contributed by atoms with van der Waals surface area (Å²) >= 11 is 1.16. The van der Waals surface area contributed by atoms with Crippen LogP contribution in [0.25, 0.3) is 0 Å². The molecular weight excluding hydrogens is 212 g/mol. The Morgan fingerprint density at radius 1 is 1.60 bits per heavy atom. The van der Waals surface area contributed by atoms with E-state index >= 15 is 0 Å². The molecule has 0 atom stereocenters. The minimum Gasteiger partial charge on any atom is -0.328 e. The van der Waals surface area contributed by atoms with Gasteiger partial charge in [0.25, 0.3) is 0 Å². The van der Waals surface area contributed by atoms with Crippen molar-refractivity contribution in [3.63, 3.8) is 0 Å². The van der Waals surface area contributed by atoms with Gasteiger partial charge in [-0.1, -0.05) is 11.3 Å². The molecule has 3 rings (SSSR count). The first-order valence-corrected chi connectivity index (χ1v) is 5.70. The van der Waals surface area contributed by atoms with E-state index in [2.05, 4.69) is 19.7 Å². The lowest BCUT2D eigenvalue weighted by atomic mass is 10.4. The SMILES string of the molecule is O=c1[nH]nc(Cn2ccnc2C2CC2)s1. The Hall–Kier alpha value is -1.43. The van der Waals surface area contributed by atoms with E-state index in [0.717, 1.165) is 22.2 Å². The molecule has 2 aromatic heterocycles. The third-order valence-electron chi connectivity index (χ3n) is 2.48. The van der Waals surface area contributed by atoms with Crippen LogP contribution in [0.2, 0.25) is 0 Å². The Labute approximate surface area is 89.8 Å². The number of hydrogen-bond acceptors (Lipinski definition) is 4. The summed E-state index contributed by atoms with van der Waals surface area (Å²) < 4.78 is 2.07. The fraction of sp³-hybridized carbons (Fsp3) is 0.444. The van der Waals surface area contributed by atoms with Crippen LogP contribution in [0.5, 0.6) is 0 Å². The summed E-state index contributed by atoms with van der Waals surface area (Å²) in [6.07, 6.45) is 6.21. The van der Waals surface area contributed by atoms with Gasteiger partial charge in [0.2, 0.25) is 0 Å². The molecule has 1 fully saturated rings. The highest BCUT2D eigenvalue weighted by molar-refractivity contribution is 7.08. The molecular formula is C9H10N4OS. The molecule has 0 bridgehead atoms. The van der Waals surface area contributed by atoms with Gasteiger partial charge in [0.05, 0.1) is 6.54 Å². The van der Waals surface area contributed by atoms with Crippen molar-refractivity contribution in [2.75, 3.05) is 0 Å². The second-order valence-electron chi connectivity index (χ2n) is 3.69. The lowest BCUT2D eigenvalue weighted by Crippen LogP contribution is -2.02. The summed E-state index contributed by atoms with van der Waals surface area (Å²) in [6, 6.07) is 0. The molecule has 1 aliphatic rings. The molecule has 15 heavy (non-hydrogen) atoms. The van der Waals surface area contributed by atoms with Gasteiger partial charge in [0, 0.05) is 18.3 Å². The van der Waals surface area contributed by atoms with Gasteiger partial charge in [-0.2, -0.15) is 5.10 Å². The van der Waals surface area contributed by atoms with Gasteiger partial charge in [-0.15, -0.1) is 0 Å². The van der Waals surface area contributed by atoms with E-state index in [0.29, 0.717) is 12.5 Å². The maximum atomic E-state index is 10.9. The summed E-state index contributed by atoms with van der Waals surface area (Å²) in [5, 5.41) is 7.17. The standard InChI is InChI=1S/C9H10N4OS/c14-9-12-11-7(15-9)5-13-4-3-10-8(13)6-1-2-6/h3-4,6H,1-2,5H2,(H,12,14). The van der Waals surface area contributed by atoms with Crippen LogP contribution < -0.4 is 4.87 Å². The highest BCUT2D eigenvalue weighted by atomic mass is 32.1. The van der Waals surface area contributed by atoms with Crippen LogP contribution in [0.3, 0.4) is 0 Å². The van der Waals surface area contributed by atoms with Gasteiger partial charge < -0.3 is 4.57 Å². The predicted octanol–water partition coefficient (Wildman–Crippen LogP) is 0.954. The minimum absolute atomic E-state index is 0.0990. The molecule has 1 N–H and O–H groups in total. The first-order chi connectivity index (χ1) is 7.33. The van der Waals surface area contributed by atoms with Gasteiger partial charge in [-0.3, -0.25) is 4.79 Å². The van der Waals surface area contributed by atoms with Gasteiger partial charge in [-0.25, -0.2) is 10.1 Å². The van der Waals surface area contributed by atoms with Crippen molar-refractivity contribution in [2.45, 2.75) is 25.3 Å². The molecule has 2 heterocycles. The molecule has 2 aromatic rings. The fourth-order valence-electron chi connectivity index (χ4n) is 1.63. The van der Waals surface area contributed by atoms with E-state index in [1.54, 1.807) is 0 Å². The third-order valence-corrected chi connectivity index (χ3v) is 3.21. The normalized spacial score (nSPS) is 15.7. The van der Waals surface area contributed by atoms with Crippen LogP contribution in [-0.2, 0) is 6.54 Å². The van der Waals surface area contributed by atoms with Crippen molar-refractivity contribution in [1.29, 1.82) is 0 Å². The minimum atomic E-state index is -0.0990. The molecule has 1 aliphatic carbocycles. The summed E-state index contributed by atoms with van der Waals surface area (Å²) in [6.45, 7) is 0.648. The zero-order valence-corrected chi connectivity index (χ0v) is 8.83. The van der Waals surface area contributed by atoms with Crippen molar-refractivity contribution in [1.82, 2.24) is 19.7 Å². The summed E-state index contributed by atoms with van der Waals surface area (Å²) in [5.74, 6) is 1.74. The first-order valence-electron chi connectivity index (χ1n) is 4.88. The molecule has 5 nitrogen and oxygen atoms in total. The van der Waals surface area contributed by atoms with Crippen molar-refractivity contribution in [3.05, 3.63) is 32.9 Å². The lowest BCUT2D eigenvalue weighted by molar-refractivity contribution is 0.715. The Bertz CT molecular complexity index is 522. The molecule has 0 aromatic carbocycles. The van der Waals surface area contributed by atoms with Gasteiger partial charge in [-0.05, 0) is 12.8 Å². The number of H-pyrrole nitrogens is 1. The van der Waals surface area contributed by atoms with Crippen LogP contribution >= 0.6 is 11.3 Å². The van der Waals surface area contributed by atoms with E-state index in [1.807, 2.05) is 12.4 Å². The van der Waals surface area contributed by atoms with E-state index in [9.17, 15) is 4.79 Å². The summed E-state index contributed by atoms with van der Waals surface area (Å²) in [5.41, 5.74) is 0. The molecule has 0 amide bonds. The van der Waals surface area contributed by atoms with Gasteiger partial charge >= 0.3 is 4.87 Å². The molecule has 0 unspecified atom stereocenters. The second kappa shape index (κ2) is 3.30. The van der Waals surface area contributed by atoms with E-state index in [4.69, 9.17) is 0 Å². The molecule has 0 saturated heterocycles. The van der Waals surface area contributed by atoms with E-state index < -0.39 is 0 Å². The number of hydrogen-bond donors (Lipinski definition) is 1. The highest BCUT2D eigenvalue weighted by Gasteiger charge is 2.27. The number of aromatic nitrogens is 4. The van der Waals surface area contributed by atoms with Crippen LogP contribution in [0.15, 0.2) is 17.2 Å². The average molecular weight is 222 g/mol. The fourth-order valence-corrected chi connectivity index (χ4v) is 2.23. The molecule has 0 spiro atoms. The predicted molar refractivity (Wildman–Crippen MR) is 56.0 cm³/mol. The van der Waals surface area contributed by atoms with Crippen LogP contribution in [0.4, 0.5) is 0 Å². The molecule has 1 saturated carbocycles. The molecule has 6 heteroatoms. The largest absolute Gasteiger partial charge is 0.328 e. The molecule has 78 valence electrons. The monoisotopic (exact) mass is 222 g/mol. The Morgan fingerprint density at radius 3 is 3.13 bits per heavy atom. The third kappa shape index (κ3) is 1.72. The highest BCUT2D eigenvalue weighted by Crippen LogP contribution is 2.39. The van der Waals surface area contributed by atoms with Crippen molar-refractivity contribution < 1.29 is 0 Å². The first kappa shape index (κ1) is 8.84. The van der Waals surface area contributed by atoms with Crippen LogP contribution in [0, 0.1) is 0 Å². The van der Waals surface area contributed by atoms with Crippen molar-refractivity contribution in [3.8, 4) is 0 Å². The Kier molecular flexibility index (Phi) is 1.95. The summed E-state index contributed by atoms with van der Waals surface area (Å²) in [4.78, 5) is 15.2. The second-order valence-corrected chi connectivity index (χ2v) is 4.74. The molecule has 0 radical (unpaired) electrons. The van der Waals surface area contributed by atoms with Crippen molar-refractivity contribution >= 4 is 11.3 Å². The maximum Gasteiger partial charge on any atom is 0.322 e. The molecule has 0 aliphatic heterocycles. The van der Waals surface area contributed by atoms with Crippen LogP contribution in [0.1, 0.15) is 29.6 Å². The Balaban J connectivity index is 1.87. The Morgan fingerprint density at radius 2 is 2.47 bits per heavy atom. The maximum absolute atomic E-state index is 10.9. The number of nitrogens with one attached hydrogen (secondary N) is 1. The number of aromatic amines is 1. The number of imidazole rings is 1. The van der Waals surface area contributed by atoms with E-state index in [1.165, 1.54) is 12.8 Å². The number of rotatable bonds is 3. The smallest absolute Gasteiger partial charge is 0.322 e.